The van der Waals surface area contributed by atoms with Crippen LogP contribution in [0.15, 0.2) is 109 Å². The molecule has 0 spiro atoms. The molecule has 0 amide bonds. The molecule has 0 aliphatic carbocycles. The summed E-state index contributed by atoms with van der Waals surface area (Å²) in [4.78, 5) is 13.5. The molecule has 6 nitrogen and oxygen atoms in total. The van der Waals surface area contributed by atoms with Crippen molar-refractivity contribution in [1.82, 2.24) is 15.0 Å². The standard InChI is InChI=1S/C29H24N3O3P/c1-21-13-17-23(18-14-21)34-27-30-28(35-24-19-15-22(2)16-20-24)32-29(31-27)36(33,25-9-5-3-6-10-25)26-11-7-4-8-12-26/h3-20H,1-2H3. The minimum absolute atomic E-state index is 0.00180. The molecular formula is C29H24N3O3P. The number of benzene rings is 4. The second kappa shape index (κ2) is 10.1. The van der Waals surface area contributed by atoms with E-state index in [4.69, 9.17) is 9.47 Å². The second-order valence-corrected chi connectivity index (χ2v) is 11.0. The quantitative estimate of drug-likeness (QED) is 0.270. The van der Waals surface area contributed by atoms with E-state index in [9.17, 15) is 4.57 Å². The Morgan fingerprint density at radius 1 is 0.528 bits per heavy atom. The first-order chi connectivity index (χ1) is 17.5. The van der Waals surface area contributed by atoms with E-state index in [1.54, 1.807) is 0 Å². The zero-order chi connectivity index (χ0) is 25.0. The van der Waals surface area contributed by atoms with Crippen LogP contribution < -0.4 is 25.6 Å². The number of aryl methyl sites for hydroxylation is 2. The highest BCUT2D eigenvalue weighted by Crippen LogP contribution is 2.41. The number of hydrogen-bond acceptors (Lipinski definition) is 6. The molecule has 0 saturated heterocycles. The number of nitrogens with zero attached hydrogens (tertiary/aromatic N) is 3. The Kier molecular flexibility index (Phi) is 6.61. The van der Waals surface area contributed by atoms with E-state index < -0.39 is 7.14 Å². The summed E-state index contributed by atoms with van der Waals surface area (Å²) < 4.78 is 26.8. The third-order valence-corrected chi connectivity index (χ3v) is 8.38. The zero-order valence-corrected chi connectivity index (χ0v) is 20.8. The molecule has 36 heavy (non-hydrogen) atoms. The van der Waals surface area contributed by atoms with Crippen molar-refractivity contribution in [2.24, 2.45) is 0 Å². The maximum Gasteiger partial charge on any atom is 0.328 e. The van der Waals surface area contributed by atoms with Gasteiger partial charge in [-0.25, -0.2) is 0 Å². The van der Waals surface area contributed by atoms with Crippen molar-refractivity contribution < 1.29 is 14.0 Å². The molecule has 1 aromatic heterocycles. The Morgan fingerprint density at radius 3 is 1.31 bits per heavy atom. The first-order valence-electron chi connectivity index (χ1n) is 11.5. The maximum absolute atomic E-state index is 14.9. The molecule has 7 heteroatoms. The van der Waals surface area contributed by atoms with Gasteiger partial charge in [0.15, 0.2) is 0 Å². The van der Waals surface area contributed by atoms with Crippen LogP contribution >= 0.6 is 7.14 Å². The predicted octanol–water partition coefficient (Wildman–Crippen LogP) is 5.71. The summed E-state index contributed by atoms with van der Waals surface area (Å²) in [6.45, 7) is 3.99. The van der Waals surface area contributed by atoms with Crippen LogP contribution in [0.3, 0.4) is 0 Å². The average molecular weight is 494 g/mol. The monoisotopic (exact) mass is 493 g/mol. The molecule has 0 saturated carbocycles. The molecule has 178 valence electrons. The molecular weight excluding hydrogens is 469 g/mol. The topological polar surface area (TPSA) is 74.2 Å². The van der Waals surface area contributed by atoms with E-state index in [-0.39, 0.29) is 17.6 Å². The van der Waals surface area contributed by atoms with Crippen LogP contribution in [0.2, 0.25) is 0 Å². The molecule has 0 unspecified atom stereocenters. The van der Waals surface area contributed by atoms with Crippen LogP contribution in [0.5, 0.6) is 23.5 Å². The van der Waals surface area contributed by atoms with E-state index in [0.717, 1.165) is 11.1 Å². The molecule has 5 aromatic rings. The molecule has 0 aliphatic heterocycles. The lowest BCUT2D eigenvalue weighted by Gasteiger charge is -2.19. The Labute approximate surface area is 210 Å². The second-order valence-electron chi connectivity index (χ2n) is 8.31. The summed E-state index contributed by atoms with van der Waals surface area (Å²) in [7, 11) is -3.48. The minimum Gasteiger partial charge on any atom is -0.424 e. The summed E-state index contributed by atoms with van der Waals surface area (Å²) in [5, 5.41) is 1.20. The van der Waals surface area contributed by atoms with Crippen LogP contribution in [0.4, 0.5) is 0 Å². The summed E-state index contributed by atoms with van der Waals surface area (Å²) >= 11 is 0. The number of ether oxygens (including phenoxy) is 2. The number of aromatic nitrogens is 3. The molecule has 4 aromatic carbocycles. The fourth-order valence-electron chi connectivity index (χ4n) is 3.64. The van der Waals surface area contributed by atoms with Gasteiger partial charge in [-0.2, -0.15) is 9.97 Å². The largest absolute Gasteiger partial charge is 0.424 e. The maximum atomic E-state index is 14.9. The van der Waals surface area contributed by atoms with Crippen LogP contribution in [-0.2, 0) is 4.57 Å². The van der Waals surface area contributed by atoms with E-state index in [0.29, 0.717) is 22.1 Å². The lowest BCUT2D eigenvalue weighted by molar-refractivity contribution is 0.399. The van der Waals surface area contributed by atoms with Gasteiger partial charge in [0.25, 0.3) is 0 Å². The number of hydrogen-bond donors (Lipinski definition) is 0. The molecule has 0 N–H and O–H groups in total. The van der Waals surface area contributed by atoms with Gasteiger partial charge in [-0.1, -0.05) is 96.1 Å². The molecule has 5 rings (SSSR count). The van der Waals surface area contributed by atoms with Crippen molar-refractivity contribution in [1.29, 1.82) is 0 Å². The summed E-state index contributed by atoms with van der Waals surface area (Å²) in [5.74, 6) is 1.10. The van der Waals surface area contributed by atoms with Crippen LogP contribution in [0.1, 0.15) is 11.1 Å². The van der Waals surface area contributed by atoms with Gasteiger partial charge in [0.05, 0.1) is 0 Å². The molecule has 1 heterocycles. The highest BCUT2D eigenvalue weighted by molar-refractivity contribution is 7.84. The van der Waals surface area contributed by atoms with Gasteiger partial charge in [-0.15, -0.1) is 4.98 Å². The highest BCUT2D eigenvalue weighted by atomic mass is 31.2. The molecule has 0 aliphatic rings. The Balaban J connectivity index is 1.66. The first kappa shape index (κ1) is 23.5. The van der Waals surface area contributed by atoms with Crippen LogP contribution in [-0.4, -0.2) is 15.0 Å². The van der Waals surface area contributed by atoms with Crippen molar-refractivity contribution in [2.45, 2.75) is 13.8 Å². The van der Waals surface area contributed by atoms with Gasteiger partial charge >= 0.3 is 12.0 Å². The van der Waals surface area contributed by atoms with Crippen molar-refractivity contribution in [3.05, 3.63) is 120 Å². The smallest absolute Gasteiger partial charge is 0.328 e. The van der Waals surface area contributed by atoms with Gasteiger partial charge < -0.3 is 14.0 Å². The summed E-state index contributed by atoms with van der Waals surface area (Å²) in [6.07, 6.45) is 0. The van der Waals surface area contributed by atoms with Gasteiger partial charge in [-0.3, -0.25) is 0 Å². The zero-order valence-electron chi connectivity index (χ0n) is 19.9. The summed E-state index contributed by atoms with van der Waals surface area (Å²) in [6, 6.07) is 33.4. The van der Waals surface area contributed by atoms with Crippen molar-refractivity contribution in [3.8, 4) is 23.5 Å². The highest BCUT2D eigenvalue weighted by Gasteiger charge is 2.34. The normalized spacial score (nSPS) is 11.2. The summed E-state index contributed by atoms with van der Waals surface area (Å²) in [5.41, 5.74) is 2.28. The van der Waals surface area contributed by atoms with Crippen molar-refractivity contribution >= 4 is 23.3 Å². The van der Waals surface area contributed by atoms with Crippen LogP contribution in [0.25, 0.3) is 0 Å². The van der Waals surface area contributed by atoms with E-state index in [1.807, 2.05) is 123 Å². The first-order valence-corrected chi connectivity index (χ1v) is 13.2. The Morgan fingerprint density at radius 2 is 0.917 bits per heavy atom. The fourth-order valence-corrected chi connectivity index (χ4v) is 6.04. The van der Waals surface area contributed by atoms with Crippen molar-refractivity contribution in [2.75, 3.05) is 0 Å². The SMILES string of the molecule is Cc1ccc(Oc2nc(Oc3ccc(C)cc3)nc(P(=O)(c3ccccc3)c3ccccc3)n2)cc1. The Hall–Kier alpha value is -4.28. The Bertz CT molecular complexity index is 1400. The predicted molar refractivity (Wildman–Crippen MR) is 142 cm³/mol. The molecule has 0 fully saturated rings. The minimum atomic E-state index is -3.48. The third kappa shape index (κ3) is 5.04. The number of rotatable bonds is 7. The lowest BCUT2D eigenvalue weighted by Crippen LogP contribution is -2.30. The fraction of sp³-hybridized carbons (Fsp3) is 0.0690. The molecule has 0 atom stereocenters. The molecule has 0 radical (unpaired) electrons. The van der Waals surface area contributed by atoms with Gasteiger partial charge in [0.2, 0.25) is 12.7 Å². The van der Waals surface area contributed by atoms with E-state index in [1.165, 1.54) is 0 Å². The third-order valence-electron chi connectivity index (χ3n) is 5.56. The van der Waals surface area contributed by atoms with Gasteiger partial charge in [0.1, 0.15) is 11.5 Å². The van der Waals surface area contributed by atoms with E-state index in [2.05, 4.69) is 15.0 Å². The molecule has 0 bridgehead atoms. The average Bonchev–Trinajstić information content (AvgIpc) is 2.92. The van der Waals surface area contributed by atoms with Crippen molar-refractivity contribution in [3.63, 3.8) is 0 Å². The van der Waals surface area contributed by atoms with Gasteiger partial charge in [-0.05, 0) is 38.1 Å². The van der Waals surface area contributed by atoms with Gasteiger partial charge in [0, 0.05) is 10.6 Å². The lowest BCUT2D eigenvalue weighted by atomic mass is 10.2. The van der Waals surface area contributed by atoms with E-state index >= 15 is 0 Å². The van der Waals surface area contributed by atoms with Crippen LogP contribution in [0, 0.1) is 13.8 Å².